The molecule has 2 atom stereocenters. The molecule has 0 fully saturated rings. The van der Waals surface area contributed by atoms with E-state index in [1.165, 1.54) is 11.1 Å². The lowest BCUT2D eigenvalue weighted by molar-refractivity contribution is 0.106. The second-order valence-corrected chi connectivity index (χ2v) is 10.8. The molecular weight excluding hydrogens is 512 g/mol. The van der Waals surface area contributed by atoms with Crippen molar-refractivity contribution in [1.29, 1.82) is 0 Å². The van der Waals surface area contributed by atoms with Crippen LogP contribution in [-0.4, -0.2) is 48.7 Å². The van der Waals surface area contributed by atoms with Crippen LogP contribution in [0.1, 0.15) is 36.1 Å². The van der Waals surface area contributed by atoms with E-state index in [9.17, 15) is 10.2 Å². The zero-order valence-corrected chi connectivity index (χ0v) is 24.0. The molecule has 6 nitrogen and oxygen atoms in total. The van der Waals surface area contributed by atoms with Crippen molar-refractivity contribution in [3.05, 3.63) is 131 Å². The van der Waals surface area contributed by atoms with Crippen molar-refractivity contribution in [3.8, 4) is 11.5 Å². The van der Waals surface area contributed by atoms with Gasteiger partial charge in [0.2, 0.25) is 0 Å². The highest BCUT2D eigenvalue weighted by Gasteiger charge is 2.23. The van der Waals surface area contributed by atoms with Crippen LogP contribution >= 0.6 is 0 Å². The predicted molar refractivity (Wildman–Crippen MR) is 164 cm³/mol. The number of hydrogen-bond acceptors (Lipinski definition) is 6. The van der Waals surface area contributed by atoms with Crippen LogP contribution in [0.25, 0.3) is 0 Å². The molecule has 4 aromatic carbocycles. The first-order valence-corrected chi connectivity index (χ1v) is 14.2. The van der Waals surface area contributed by atoms with E-state index in [-0.39, 0.29) is 18.6 Å². The molecular formula is C35H42N2O4. The second kappa shape index (κ2) is 15.4. The summed E-state index contributed by atoms with van der Waals surface area (Å²) < 4.78 is 11.6. The first-order chi connectivity index (χ1) is 19.9. The van der Waals surface area contributed by atoms with Gasteiger partial charge in [0.15, 0.2) is 0 Å². The lowest BCUT2D eigenvalue weighted by atomic mass is 9.78. The van der Waals surface area contributed by atoms with Gasteiger partial charge in [0.05, 0.1) is 0 Å². The average Bonchev–Trinajstić information content (AvgIpc) is 3.00. The molecule has 0 amide bonds. The van der Waals surface area contributed by atoms with Gasteiger partial charge in [-0.3, -0.25) is 0 Å². The minimum absolute atomic E-state index is 0.223. The third-order valence-electron chi connectivity index (χ3n) is 7.14. The average molecular weight is 555 g/mol. The molecule has 0 aliphatic carbocycles. The molecule has 0 saturated carbocycles. The molecule has 4 aromatic rings. The van der Waals surface area contributed by atoms with Crippen LogP contribution < -0.4 is 20.1 Å². The van der Waals surface area contributed by atoms with Crippen LogP contribution in [0.15, 0.2) is 109 Å². The summed E-state index contributed by atoms with van der Waals surface area (Å²) in [6.07, 6.45) is -1.19. The van der Waals surface area contributed by atoms with E-state index in [0.29, 0.717) is 26.2 Å². The largest absolute Gasteiger partial charge is 0.491 e. The highest BCUT2D eigenvalue weighted by atomic mass is 16.5. The Hall–Kier alpha value is -3.68. The summed E-state index contributed by atoms with van der Waals surface area (Å²) >= 11 is 0. The zero-order valence-electron chi connectivity index (χ0n) is 24.0. The molecule has 0 heterocycles. The van der Waals surface area contributed by atoms with Crippen molar-refractivity contribution in [3.63, 3.8) is 0 Å². The van der Waals surface area contributed by atoms with Crippen LogP contribution in [0.2, 0.25) is 0 Å². The Bertz CT molecular complexity index is 1180. The van der Waals surface area contributed by atoms with E-state index in [2.05, 4.69) is 73.0 Å². The minimum Gasteiger partial charge on any atom is -0.491 e. The van der Waals surface area contributed by atoms with E-state index >= 15 is 0 Å². The SMILES string of the molecule is CC(C)(c1ccc(OC[C@H](O)CNCc2ccccc2)cc1)c1ccc(OC[C@@H](O)CNCc2ccccc2)cc1. The highest BCUT2D eigenvalue weighted by Crippen LogP contribution is 2.33. The Balaban J connectivity index is 1.19. The fraction of sp³-hybridized carbons (Fsp3) is 0.314. The van der Waals surface area contributed by atoms with Gasteiger partial charge in [-0.1, -0.05) is 98.8 Å². The van der Waals surface area contributed by atoms with Crippen LogP contribution in [-0.2, 0) is 18.5 Å². The molecule has 0 bridgehead atoms. The van der Waals surface area contributed by atoms with Crippen LogP contribution in [0.3, 0.4) is 0 Å². The standard InChI is InChI=1S/C35H42N2O4/c1-35(2,29-13-17-33(18-14-29)40-25-31(38)23-36-21-27-9-5-3-6-10-27)30-15-19-34(20-16-30)41-26-32(39)24-37-22-28-11-7-4-8-12-28/h3-20,31-32,36-39H,21-26H2,1-2H3/t31-,32+. The molecule has 216 valence electrons. The van der Waals surface area contributed by atoms with Crippen molar-refractivity contribution in [2.75, 3.05) is 26.3 Å². The van der Waals surface area contributed by atoms with Crippen molar-refractivity contribution in [2.24, 2.45) is 0 Å². The monoisotopic (exact) mass is 554 g/mol. The summed E-state index contributed by atoms with van der Waals surface area (Å²) in [6.45, 7) is 7.17. The Morgan fingerprint density at radius 2 is 0.927 bits per heavy atom. The minimum atomic E-state index is -0.595. The Kier molecular flexibility index (Phi) is 11.3. The summed E-state index contributed by atoms with van der Waals surface area (Å²) in [5.74, 6) is 1.46. The zero-order chi connectivity index (χ0) is 28.9. The molecule has 0 saturated heterocycles. The lowest BCUT2D eigenvalue weighted by Gasteiger charge is -2.26. The summed E-state index contributed by atoms with van der Waals surface area (Å²) in [5, 5.41) is 27.1. The molecule has 6 heteroatoms. The van der Waals surface area contributed by atoms with Gasteiger partial charge in [0.25, 0.3) is 0 Å². The fourth-order valence-electron chi connectivity index (χ4n) is 4.56. The van der Waals surface area contributed by atoms with Gasteiger partial charge in [0, 0.05) is 31.6 Å². The number of aliphatic hydroxyl groups is 2. The van der Waals surface area contributed by atoms with Crippen LogP contribution in [0.5, 0.6) is 11.5 Å². The van der Waals surface area contributed by atoms with Gasteiger partial charge in [-0.2, -0.15) is 0 Å². The number of ether oxygens (including phenoxy) is 2. The van der Waals surface area contributed by atoms with Gasteiger partial charge < -0.3 is 30.3 Å². The quantitative estimate of drug-likeness (QED) is 0.155. The van der Waals surface area contributed by atoms with E-state index in [4.69, 9.17) is 9.47 Å². The Morgan fingerprint density at radius 3 is 1.29 bits per heavy atom. The van der Waals surface area contributed by atoms with Crippen molar-refractivity contribution >= 4 is 0 Å². The maximum absolute atomic E-state index is 10.3. The molecule has 4 N–H and O–H groups in total. The second-order valence-electron chi connectivity index (χ2n) is 10.8. The highest BCUT2D eigenvalue weighted by molar-refractivity contribution is 5.41. The van der Waals surface area contributed by atoms with Gasteiger partial charge in [-0.25, -0.2) is 0 Å². The first kappa shape index (κ1) is 30.3. The Morgan fingerprint density at radius 1 is 0.561 bits per heavy atom. The molecule has 0 unspecified atom stereocenters. The third-order valence-corrected chi connectivity index (χ3v) is 7.14. The van der Waals surface area contributed by atoms with Crippen molar-refractivity contribution in [1.82, 2.24) is 10.6 Å². The van der Waals surface area contributed by atoms with E-state index in [1.54, 1.807) is 0 Å². The van der Waals surface area contributed by atoms with Gasteiger partial charge in [-0.15, -0.1) is 0 Å². The number of hydrogen-bond donors (Lipinski definition) is 4. The summed E-state index contributed by atoms with van der Waals surface area (Å²) in [4.78, 5) is 0. The smallest absolute Gasteiger partial charge is 0.119 e. The van der Waals surface area contributed by atoms with Crippen LogP contribution in [0.4, 0.5) is 0 Å². The fourth-order valence-corrected chi connectivity index (χ4v) is 4.56. The van der Waals surface area contributed by atoms with Gasteiger partial charge in [0.1, 0.15) is 36.9 Å². The maximum atomic E-state index is 10.3. The molecule has 0 aliphatic heterocycles. The van der Waals surface area contributed by atoms with Gasteiger partial charge >= 0.3 is 0 Å². The first-order valence-electron chi connectivity index (χ1n) is 14.2. The number of rotatable bonds is 16. The normalized spacial score (nSPS) is 13.0. The van der Waals surface area contributed by atoms with E-state index in [1.807, 2.05) is 60.7 Å². The molecule has 41 heavy (non-hydrogen) atoms. The maximum Gasteiger partial charge on any atom is 0.119 e. The van der Waals surface area contributed by atoms with E-state index < -0.39 is 12.2 Å². The molecule has 4 rings (SSSR count). The molecule has 0 spiro atoms. The number of aliphatic hydroxyl groups excluding tert-OH is 2. The summed E-state index contributed by atoms with van der Waals surface area (Å²) in [7, 11) is 0. The van der Waals surface area contributed by atoms with Crippen molar-refractivity contribution < 1.29 is 19.7 Å². The Labute approximate surface area is 244 Å². The number of nitrogens with one attached hydrogen (secondary N) is 2. The van der Waals surface area contributed by atoms with Gasteiger partial charge in [-0.05, 0) is 46.5 Å². The summed E-state index contributed by atoms with van der Waals surface area (Å²) in [6, 6.07) is 36.3. The third kappa shape index (κ3) is 9.73. The van der Waals surface area contributed by atoms with E-state index in [0.717, 1.165) is 22.6 Å². The van der Waals surface area contributed by atoms with Crippen molar-refractivity contribution in [2.45, 2.75) is 44.6 Å². The molecule has 0 aromatic heterocycles. The summed E-state index contributed by atoms with van der Waals surface area (Å²) in [5.41, 5.74) is 4.45. The predicted octanol–water partition coefficient (Wildman–Crippen LogP) is 5.07. The topological polar surface area (TPSA) is 83.0 Å². The number of benzene rings is 4. The molecule has 0 radical (unpaired) electrons. The molecule has 0 aliphatic rings. The van der Waals surface area contributed by atoms with Crippen LogP contribution in [0, 0.1) is 0 Å². The lowest BCUT2D eigenvalue weighted by Crippen LogP contribution is -2.31.